The number of nitrogens with one attached hydrogen (secondary N) is 2. The molecule has 2 rings (SSSR count). The van der Waals surface area contributed by atoms with Crippen LogP contribution in [-0.2, 0) is 20.9 Å². The molecule has 2 amide bonds. The summed E-state index contributed by atoms with van der Waals surface area (Å²) < 4.78 is 5.30. The van der Waals surface area contributed by atoms with Crippen LogP contribution in [-0.4, -0.2) is 29.9 Å². The van der Waals surface area contributed by atoms with Crippen LogP contribution in [0.1, 0.15) is 41.6 Å². The predicted molar refractivity (Wildman–Crippen MR) is 109 cm³/mol. The Labute approximate surface area is 169 Å². The lowest BCUT2D eigenvalue weighted by atomic mass is 10.0. The van der Waals surface area contributed by atoms with Crippen LogP contribution in [0.4, 0.5) is 0 Å². The van der Waals surface area contributed by atoms with Gasteiger partial charge in [-0.3, -0.25) is 9.59 Å². The second-order valence-electron chi connectivity index (χ2n) is 6.95. The maximum atomic E-state index is 12.5. The van der Waals surface area contributed by atoms with E-state index in [2.05, 4.69) is 10.6 Å². The molecule has 1 aromatic carbocycles. The third-order valence-corrected chi connectivity index (χ3v) is 5.07. The van der Waals surface area contributed by atoms with Crippen molar-refractivity contribution in [2.75, 3.05) is 0 Å². The highest BCUT2D eigenvalue weighted by atomic mass is 32.1. The van der Waals surface area contributed by atoms with Gasteiger partial charge in [0.2, 0.25) is 0 Å². The van der Waals surface area contributed by atoms with Gasteiger partial charge in [-0.1, -0.05) is 49.7 Å². The summed E-state index contributed by atoms with van der Waals surface area (Å²) >= 11 is 1.29. The molecule has 0 aliphatic carbocycles. The zero-order valence-corrected chi connectivity index (χ0v) is 17.3. The van der Waals surface area contributed by atoms with Gasteiger partial charge in [-0.05, 0) is 36.8 Å². The maximum absolute atomic E-state index is 12.5. The lowest BCUT2D eigenvalue weighted by molar-refractivity contribution is -0.157. The van der Waals surface area contributed by atoms with Crippen LogP contribution in [0.3, 0.4) is 0 Å². The van der Waals surface area contributed by atoms with Crippen molar-refractivity contribution in [2.45, 2.75) is 46.4 Å². The molecule has 1 aromatic heterocycles. The van der Waals surface area contributed by atoms with Gasteiger partial charge in [-0.2, -0.15) is 0 Å². The SMILES string of the molecule is Cc1ccc(CNC(=O)[C@H](C)OC(=O)[C@@H](NC(=O)c2cccs2)C(C)C)cc1. The van der Waals surface area contributed by atoms with Gasteiger partial charge < -0.3 is 15.4 Å². The van der Waals surface area contributed by atoms with E-state index in [9.17, 15) is 14.4 Å². The van der Waals surface area contributed by atoms with Crippen molar-refractivity contribution < 1.29 is 19.1 Å². The van der Waals surface area contributed by atoms with E-state index in [0.717, 1.165) is 11.1 Å². The molecule has 0 aliphatic rings. The number of carbonyl (C=O) groups excluding carboxylic acids is 3. The average Bonchev–Trinajstić information content (AvgIpc) is 3.19. The Kier molecular flexibility index (Phi) is 7.75. The molecule has 0 radical (unpaired) electrons. The lowest BCUT2D eigenvalue weighted by Gasteiger charge is -2.22. The molecule has 0 unspecified atom stereocenters. The van der Waals surface area contributed by atoms with Crippen molar-refractivity contribution in [2.24, 2.45) is 5.92 Å². The standard InChI is InChI=1S/C21H26N2O4S/c1-13(2)18(23-20(25)17-6-5-11-28-17)21(26)27-15(4)19(24)22-12-16-9-7-14(3)8-10-16/h5-11,13,15,18H,12H2,1-4H3,(H,22,24)(H,23,25)/t15-,18-/m0/s1. The predicted octanol–water partition coefficient (Wildman–Crippen LogP) is 3.06. The fourth-order valence-electron chi connectivity index (χ4n) is 2.46. The van der Waals surface area contributed by atoms with Crippen molar-refractivity contribution in [1.82, 2.24) is 10.6 Å². The number of hydrogen-bond acceptors (Lipinski definition) is 5. The summed E-state index contributed by atoms with van der Waals surface area (Å²) in [6.07, 6.45) is -0.960. The number of benzene rings is 1. The van der Waals surface area contributed by atoms with E-state index in [4.69, 9.17) is 4.74 Å². The van der Waals surface area contributed by atoms with Gasteiger partial charge in [0.15, 0.2) is 6.10 Å². The van der Waals surface area contributed by atoms with Crippen LogP contribution in [0.2, 0.25) is 0 Å². The molecular weight excluding hydrogens is 376 g/mol. The molecule has 0 fully saturated rings. The zero-order chi connectivity index (χ0) is 20.7. The number of carbonyl (C=O) groups is 3. The van der Waals surface area contributed by atoms with Crippen molar-refractivity contribution >= 4 is 29.1 Å². The molecule has 28 heavy (non-hydrogen) atoms. The largest absolute Gasteiger partial charge is 0.451 e. The molecule has 150 valence electrons. The maximum Gasteiger partial charge on any atom is 0.329 e. The van der Waals surface area contributed by atoms with E-state index in [1.165, 1.54) is 18.3 Å². The topological polar surface area (TPSA) is 84.5 Å². The fourth-order valence-corrected chi connectivity index (χ4v) is 3.08. The Morgan fingerprint density at radius 2 is 1.75 bits per heavy atom. The van der Waals surface area contributed by atoms with Crippen molar-refractivity contribution in [3.8, 4) is 0 Å². The summed E-state index contributed by atoms with van der Waals surface area (Å²) in [5.74, 6) is -1.53. The second-order valence-corrected chi connectivity index (χ2v) is 7.90. The first-order chi connectivity index (χ1) is 13.3. The second kappa shape index (κ2) is 10.0. The number of amides is 2. The van der Waals surface area contributed by atoms with E-state index in [1.54, 1.807) is 17.5 Å². The highest BCUT2D eigenvalue weighted by Gasteiger charge is 2.29. The zero-order valence-electron chi connectivity index (χ0n) is 16.5. The number of thiophene rings is 1. The number of rotatable bonds is 8. The minimum Gasteiger partial charge on any atom is -0.451 e. The summed E-state index contributed by atoms with van der Waals surface area (Å²) in [5.41, 5.74) is 2.10. The summed E-state index contributed by atoms with van der Waals surface area (Å²) in [6, 6.07) is 10.4. The number of ether oxygens (including phenoxy) is 1. The van der Waals surface area contributed by atoms with E-state index in [-0.39, 0.29) is 17.7 Å². The third-order valence-electron chi connectivity index (χ3n) is 4.20. The first-order valence-electron chi connectivity index (χ1n) is 9.16. The first-order valence-corrected chi connectivity index (χ1v) is 10.0. The van der Waals surface area contributed by atoms with Crippen LogP contribution in [0.5, 0.6) is 0 Å². The Morgan fingerprint density at radius 1 is 1.07 bits per heavy atom. The van der Waals surface area contributed by atoms with Gasteiger partial charge in [0.25, 0.3) is 11.8 Å². The highest BCUT2D eigenvalue weighted by molar-refractivity contribution is 7.12. The molecule has 0 saturated carbocycles. The molecule has 1 heterocycles. The number of esters is 1. The minimum absolute atomic E-state index is 0.181. The Hall–Kier alpha value is -2.67. The van der Waals surface area contributed by atoms with Crippen LogP contribution in [0.15, 0.2) is 41.8 Å². The summed E-state index contributed by atoms with van der Waals surface area (Å²) in [5, 5.41) is 7.23. The first kappa shape index (κ1) is 21.6. The molecule has 7 heteroatoms. The Bertz CT molecular complexity index is 800. The van der Waals surface area contributed by atoms with E-state index >= 15 is 0 Å². The normalized spacial score (nSPS) is 12.9. The monoisotopic (exact) mass is 402 g/mol. The van der Waals surface area contributed by atoms with Crippen LogP contribution in [0.25, 0.3) is 0 Å². The highest BCUT2D eigenvalue weighted by Crippen LogP contribution is 2.12. The van der Waals surface area contributed by atoms with Crippen LogP contribution in [0, 0.1) is 12.8 Å². The molecule has 0 saturated heterocycles. The summed E-state index contributed by atoms with van der Waals surface area (Å²) in [7, 11) is 0. The number of aryl methyl sites for hydroxylation is 1. The van der Waals surface area contributed by atoms with Gasteiger partial charge in [0.1, 0.15) is 6.04 Å². The van der Waals surface area contributed by atoms with E-state index in [0.29, 0.717) is 11.4 Å². The van der Waals surface area contributed by atoms with Gasteiger partial charge in [0.05, 0.1) is 4.88 Å². The average molecular weight is 403 g/mol. The number of hydrogen-bond donors (Lipinski definition) is 2. The van der Waals surface area contributed by atoms with Crippen LogP contribution >= 0.6 is 11.3 Å². The van der Waals surface area contributed by atoms with Crippen molar-refractivity contribution in [1.29, 1.82) is 0 Å². The minimum atomic E-state index is -0.960. The van der Waals surface area contributed by atoms with Gasteiger partial charge in [-0.25, -0.2) is 4.79 Å². The third kappa shape index (κ3) is 6.20. The molecule has 0 spiro atoms. The van der Waals surface area contributed by atoms with E-state index < -0.39 is 18.1 Å². The van der Waals surface area contributed by atoms with Crippen molar-refractivity contribution in [3.63, 3.8) is 0 Å². The lowest BCUT2D eigenvalue weighted by Crippen LogP contribution is -2.47. The van der Waals surface area contributed by atoms with Gasteiger partial charge in [0, 0.05) is 6.54 Å². The van der Waals surface area contributed by atoms with Crippen molar-refractivity contribution in [3.05, 3.63) is 57.8 Å². The molecular formula is C21H26N2O4S. The molecule has 2 atom stereocenters. The van der Waals surface area contributed by atoms with E-state index in [1.807, 2.05) is 45.0 Å². The molecule has 2 N–H and O–H groups in total. The van der Waals surface area contributed by atoms with Gasteiger partial charge in [-0.15, -0.1) is 11.3 Å². The Morgan fingerprint density at radius 3 is 2.32 bits per heavy atom. The molecule has 6 nitrogen and oxygen atoms in total. The van der Waals surface area contributed by atoms with Gasteiger partial charge >= 0.3 is 5.97 Å². The Balaban J connectivity index is 1.89. The quantitative estimate of drug-likeness (QED) is 0.665. The fraction of sp³-hybridized carbons (Fsp3) is 0.381. The molecule has 2 aromatic rings. The van der Waals surface area contributed by atoms with Crippen LogP contribution < -0.4 is 10.6 Å². The summed E-state index contributed by atoms with van der Waals surface area (Å²) in [4.78, 5) is 37.5. The smallest absolute Gasteiger partial charge is 0.329 e. The molecule has 0 bridgehead atoms. The molecule has 0 aliphatic heterocycles. The summed E-state index contributed by atoms with van der Waals surface area (Å²) in [6.45, 7) is 7.47.